The van der Waals surface area contributed by atoms with Gasteiger partial charge in [0.2, 0.25) is 5.91 Å². The van der Waals surface area contributed by atoms with Crippen LogP contribution in [0.3, 0.4) is 0 Å². The topological polar surface area (TPSA) is 91.5 Å². The molecule has 4 atom stereocenters. The molecule has 202 valence electrons. The number of amides is 2. The van der Waals surface area contributed by atoms with Crippen LogP contribution >= 0.6 is 0 Å². The molecule has 0 heterocycles. The first kappa shape index (κ1) is 28.7. The number of nitrogens with one attached hydrogen (secondary N) is 4. The molecule has 0 unspecified atom stereocenters. The number of hydrogen-bond donors (Lipinski definition) is 4. The third kappa shape index (κ3) is 10.9. The van der Waals surface area contributed by atoms with Crippen molar-refractivity contribution < 1.29 is 14.3 Å². The van der Waals surface area contributed by atoms with E-state index in [1.54, 1.807) is 6.92 Å². The maximum absolute atomic E-state index is 12.6. The zero-order valence-electron chi connectivity index (χ0n) is 22.8. The van der Waals surface area contributed by atoms with Gasteiger partial charge in [0, 0.05) is 36.6 Å². The Kier molecular flexibility index (Phi) is 11.0. The van der Waals surface area contributed by atoms with E-state index in [2.05, 4.69) is 54.2 Å². The number of hydrogen-bond acceptors (Lipinski definition) is 5. The molecule has 37 heavy (non-hydrogen) atoms. The van der Waals surface area contributed by atoms with Crippen LogP contribution in [0.15, 0.2) is 60.7 Å². The first-order chi connectivity index (χ1) is 17.7. The normalized spacial score (nSPS) is 20.6. The highest BCUT2D eigenvalue weighted by Gasteiger charge is 2.32. The number of benzene rings is 2. The van der Waals surface area contributed by atoms with E-state index in [1.807, 2.05) is 48.5 Å². The van der Waals surface area contributed by atoms with Crippen molar-refractivity contribution in [2.45, 2.75) is 96.1 Å². The van der Waals surface area contributed by atoms with Gasteiger partial charge in [0.1, 0.15) is 6.61 Å². The van der Waals surface area contributed by atoms with E-state index in [4.69, 9.17) is 4.74 Å². The fourth-order valence-corrected chi connectivity index (χ4v) is 5.08. The lowest BCUT2D eigenvalue weighted by Gasteiger charge is -2.40. The summed E-state index contributed by atoms with van der Waals surface area (Å²) in [4.78, 5) is 24.5. The summed E-state index contributed by atoms with van der Waals surface area (Å²) in [5.41, 5.74) is 2.16. The molecule has 7 heteroatoms. The fourth-order valence-electron chi connectivity index (χ4n) is 5.08. The van der Waals surface area contributed by atoms with Crippen molar-refractivity contribution in [3.8, 4) is 0 Å². The minimum atomic E-state index is -0.408. The predicted molar refractivity (Wildman–Crippen MR) is 148 cm³/mol. The van der Waals surface area contributed by atoms with Crippen molar-refractivity contribution in [3.63, 3.8) is 0 Å². The number of ether oxygens (including phenoxy) is 1. The van der Waals surface area contributed by atoms with Crippen LogP contribution in [0.25, 0.3) is 0 Å². The van der Waals surface area contributed by atoms with Gasteiger partial charge in [0.15, 0.2) is 0 Å². The third-order valence-electron chi connectivity index (χ3n) is 6.64. The molecule has 1 saturated carbocycles. The first-order valence-electron chi connectivity index (χ1n) is 13.5. The minimum Gasteiger partial charge on any atom is -0.445 e. The van der Waals surface area contributed by atoms with Gasteiger partial charge in [0.05, 0.1) is 0 Å². The van der Waals surface area contributed by atoms with E-state index in [0.29, 0.717) is 6.04 Å². The van der Waals surface area contributed by atoms with Crippen molar-refractivity contribution in [3.05, 3.63) is 71.8 Å². The van der Waals surface area contributed by atoms with E-state index in [-0.39, 0.29) is 36.2 Å². The van der Waals surface area contributed by atoms with Gasteiger partial charge in [-0.3, -0.25) is 4.79 Å². The predicted octanol–water partition coefficient (Wildman–Crippen LogP) is 4.32. The lowest BCUT2D eigenvalue weighted by atomic mass is 9.85. The average molecular weight is 509 g/mol. The van der Waals surface area contributed by atoms with Crippen molar-refractivity contribution in [2.75, 3.05) is 6.54 Å². The molecule has 3 rings (SSSR count). The summed E-state index contributed by atoms with van der Waals surface area (Å²) in [6.07, 6.45) is 4.00. The standard InChI is InChI=1S/C30H44N4O3/c1-22(35)32-28-20-26(34-30(2,3)4)15-16-27(28)31-18-17-25(19-23-11-7-5-8-12-23)33-29(36)37-21-24-13-9-6-10-14-24/h5-14,25-28,31,34H,15-21H2,1-4H3,(H,32,35)(H,33,36)/t25-,26+,27-,28+/m0/s1. The van der Waals surface area contributed by atoms with Crippen molar-refractivity contribution in [1.82, 2.24) is 21.3 Å². The minimum absolute atomic E-state index is 0.00186. The lowest BCUT2D eigenvalue weighted by Crippen LogP contribution is -2.58. The van der Waals surface area contributed by atoms with Crippen LogP contribution < -0.4 is 21.3 Å². The van der Waals surface area contributed by atoms with E-state index in [0.717, 1.165) is 44.2 Å². The summed E-state index contributed by atoms with van der Waals surface area (Å²) in [5, 5.41) is 13.6. The number of carbonyl (C=O) groups is 2. The molecule has 2 amide bonds. The molecule has 1 aliphatic carbocycles. The molecule has 0 aromatic heterocycles. The third-order valence-corrected chi connectivity index (χ3v) is 6.64. The average Bonchev–Trinajstić information content (AvgIpc) is 2.84. The Morgan fingerprint density at radius 1 is 0.946 bits per heavy atom. The second kappa shape index (κ2) is 14.1. The molecule has 0 aliphatic heterocycles. The number of carbonyl (C=O) groups excluding carboxylic acids is 2. The Hall–Kier alpha value is -2.90. The summed E-state index contributed by atoms with van der Waals surface area (Å²) in [7, 11) is 0. The van der Waals surface area contributed by atoms with Crippen LogP contribution in [0.4, 0.5) is 4.79 Å². The highest BCUT2D eigenvalue weighted by molar-refractivity contribution is 5.73. The summed E-state index contributed by atoms with van der Waals surface area (Å²) in [6.45, 7) is 9.08. The van der Waals surface area contributed by atoms with Crippen LogP contribution in [0.2, 0.25) is 0 Å². The molecule has 2 aromatic carbocycles. The first-order valence-corrected chi connectivity index (χ1v) is 13.5. The smallest absolute Gasteiger partial charge is 0.407 e. The van der Waals surface area contributed by atoms with E-state index >= 15 is 0 Å². The van der Waals surface area contributed by atoms with Crippen molar-refractivity contribution in [2.24, 2.45) is 0 Å². The molecular weight excluding hydrogens is 464 g/mol. The van der Waals surface area contributed by atoms with Gasteiger partial charge in [-0.2, -0.15) is 0 Å². The molecular formula is C30H44N4O3. The van der Waals surface area contributed by atoms with Crippen molar-refractivity contribution >= 4 is 12.0 Å². The van der Waals surface area contributed by atoms with Gasteiger partial charge in [-0.25, -0.2) is 4.79 Å². The van der Waals surface area contributed by atoms with E-state index < -0.39 is 6.09 Å². The fraction of sp³-hybridized carbons (Fsp3) is 0.533. The van der Waals surface area contributed by atoms with Crippen molar-refractivity contribution in [1.29, 1.82) is 0 Å². The zero-order chi connectivity index (χ0) is 26.7. The molecule has 0 saturated heterocycles. The number of rotatable bonds is 11. The van der Waals surface area contributed by atoms with Gasteiger partial charge < -0.3 is 26.0 Å². The molecule has 1 fully saturated rings. The Balaban J connectivity index is 1.55. The maximum Gasteiger partial charge on any atom is 0.407 e. The van der Waals surface area contributed by atoms with Crippen LogP contribution in [0, 0.1) is 0 Å². The van der Waals surface area contributed by atoms with Gasteiger partial charge in [0.25, 0.3) is 0 Å². The Bertz CT molecular complexity index is 962. The maximum atomic E-state index is 12.6. The van der Waals surface area contributed by atoms with Gasteiger partial charge in [-0.1, -0.05) is 60.7 Å². The molecule has 7 nitrogen and oxygen atoms in total. The van der Waals surface area contributed by atoms with Crippen LogP contribution in [0.1, 0.15) is 64.5 Å². The Labute approximate surface area is 222 Å². The molecule has 2 aromatic rings. The van der Waals surface area contributed by atoms with Crippen LogP contribution in [-0.2, 0) is 22.6 Å². The van der Waals surface area contributed by atoms with Gasteiger partial charge >= 0.3 is 6.09 Å². The molecule has 1 aliphatic rings. The Morgan fingerprint density at radius 3 is 2.22 bits per heavy atom. The summed E-state index contributed by atoms with van der Waals surface area (Å²) < 4.78 is 5.48. The lowest BCUT2D eigenvalue weighted by molar-refractivity contribution is -0.120. The highest BCUT2D eigenvalue weighted by Crippen LogP contribution is 2.22. The monoisotopic (exact) mass is 508 g/mol. The van der Waals surface area contributed by atoms with E-state index in [1.165, 1.54) is 5.56 Å². The second-order valence-electron chi connectivity index (χ2n) is 11.2. The molecule has 0 radical (unpaired) electrons. The molecule has 0 spiro atoms. The Morgan fingerprint density at radius 2 is 1.59 bits per heavy atom. The largest absolute Gasteiger partial charge is 0.445 e. The van der Waals surface area contributed by atoms with Gasteiger partial charge in [-0.15, -0.1) is 0 Å². The van der Waals surface area contributed by atoms with Crippen LogP contribution in [0.5, 0.6) is 0 Å². The molecule has 4 N–H and O–H groups in total. The quantitative estimate of drug-likeness (QED) is 0.363. The van der Waals surface area contributed by atoms with Crippen LogP contribution in [-0.4, -0.2) is 48.3 Å². The summed E-state index contributed by atoms with van der Waals surface area (Å²) >= 11 is 0. The van der Waals surface area contributed by atoms with E-state index in [9.17, 15) is 9.59 Å². The zero-order valence-corrected chi connectivity index (χ0v) is 22.8. The highest BCUT2D eigenvalue weighted by atomic mass is 16.5. The molecule has 0 bridgehead atoms. The number of alkyl carbamates (subject to hydrolysis) is 1. The summed E-state index contributed by atoms with van der Waals surface area (Å²) in [5.74, 6) is -0.00186. The second-order valence-corrected chi connectivity index (χ2v) is 11.2. The summed E-state index contributed by atoms with van der Waals surface area (Å²) in [6, 6.07) is 20.4. The SMILES string of the molecule is CC(=O)N[C@@H]1C[C@H](NC(C)(C)C)CC[C@@H]1NCC[C@@H](Cc1ccccc1)NC(=O)OCc1ccccc1. The van der Waals surface area contributed by atoms with Gasteiger partial charge in [-0.05, 0) is 70.5 Å².